The minimum atomic E-state index is -4.62. The van der Waals surface area contributed by atoms with Gasteiger partial charge < -0.3 is 10.6 Å². The van der Waals surface area contributed by atoms with E-state index in [4.69, 9.17) is 0 Å². The number of carbonyl (C=O) groups excluding carboxylic acids is 1. The zero-order chi connectivity index (χ0) is 20.5. The first-order chi connectivity index (χ1) is 13.2. The fraction of sp³-hybridized carbons (Fsp3) is 0.158. The Balaban J connectivity index is 1.88. The van der Waals surface area contributed by atoms with Crippen LogP contribution in [-0.4, -0.2) is 15.7 Å². The predicted octanol–water partition coefficient (Wildman–Crippen LogP) is 4.88. The zero-order valence-electron chi connectivity index (χ0n) is 14.9. The number of para-hydroxylation sites is 1. The number of halogens is 4. The summed E-state index contributed by atoms with van der Waals surface area (Å²) < 4.78 is 53.1. The lowest BCUT2D eigenvalue weighted by Gasteiger charge is -2.14. The van der Waals surface area contributed by atoms with Gasteiger partial charge in [-0.3, -0.25) is 9.48 Å². The van der Waals surface area contributed by atoms with E-state index in [1.807, 2.05) is 0 Å². The second-order valence-electron chi connectivity index (χ2n) is 6.07. The van der Waals surface area contributed by atoms with Crippen LogP contribution in [0, 0.1) is 12.7 Å². The Kier molecular flexibility index (Phi) is 5.08. The van der Waals surface area contributed by atoms with Gasteiger partial charge in [0, 0.05) is 24.4 Å². The van der Waals surface area contributed by atoms with Crippen molar-refractivity contribution in [1.29, 1.82) is 0 Å². The quantitative estimate of drug-likeness (QED) is 0.622. The molecule has 9 heteroatoms. The molecule has 2 N–H and O–H groups in total. The first-order valence-electron chi connectivity index (χ1n) is 8.20. The lowest BCUT2D eigenvalue weighted by atomic mass is 10.1. The highest BCUT2D eigenvalue weighted by Gasteiger charge is 2.34. The summed E-state index contributed by atoms with van der Waals surface area (Å²) in [6, 6.07) is 11.7. The lowest BCUT2D eigenvalue weighted by Crippen LogP contribution is -2.16. The molecule has 0 atom stereocenters. The van der Waals surface area contributed by atoms with E-state index >= 15 is 0 Å². The van der Waals surface area contributed by atoms with Crippen molar-refractivity contribution >= 4 is 23.1 Å². The highest BCUT2D eigenvalue weighted by molar-refractivity contribution is 6.08. The number of anilines is 3. The monoisotopic (exact) mass is 392 g/mol. The molecule has 3 rings (SSSR count). The minimum Gasteiger partial charge on any atom is -0.355 e. The minimum absolute atomic E-state index is 0.103. The van der Waals surface area contributed by atoms with Crippen molar-refractivity contribution in [3.05, 3.63) is 71.2 Å². The molecule has 0 spiro atoms. The van der Waals surface area contributed by atoms with Crippen molar-refractivity contribution < 1.29 is 22.4 Å². The molecule has 0 aliphatic carbocycles. The standard InChI is InChI=1S/C19H16F4N4O/c1-11-13(20)7-5-9-14(11)24-15-8-4-3-6-12(15)18(28)25-17-10-16(19(21,22)23)26-27(17)2/h3-10,24H,1-2H3,(H,25,28). The van der Waals surface area contributed by atoms with Gasteiger partial charge in [-0.05, 0) is 31.2 Å². The Morgan fingerprint density at radius 1 is 1.07 bits per heavy atom. The highest BCUT2D eigenvalue weighted by atomic mass is 19.4. The number of hydrogen-bond acceptors (Lipinski definition) is 3. The third-order valence-electron chi connectivity index (χ3n) is 4.12. The van der Waals surface area contributed by atoms with E-state index in [0.717, 1.165) is 10.7 Å². The van der Waals surface area contributed by atoms with Crippen LogP contribution in [-0.2, 0) is 13.2 Å². The molecule has 2 aromatic carbocycles. The van der Waals surface area contributed by atoms with E-state index in [-0.39, 0.29) is 11.4 Å². The summed E-state index contributed by atoms with van der Waals surface area (Å²) in [5.41, 5.74) is 0.305. The van der Waals surface area contributed by atoms with Crippen LogP contribution in [0.3, 0.4) is 0 Å². The first-order valence-corrected chi connectivity index (χ1v) is 8.20. The van der Waals surface area contributed by atoms with E-state index in [1.54, 1.807) is 31.2 Å². The number of alkyl halides is 3. The van der Waals surface area contributed by atoms with Gasteiger partial charge in [0.25, 0.3) is 5.91 Å². The van der Waals surface area contributed by atoms with Crippen LogP contribution in [0.1, 0.15) is 21.6 Å². The predicted molar refractivity (Wildman–Crippen MR) is 97.0 cm³/mol. The Hall–Kier alpha value is -3.36. The molecule has 5 nitrogen and oxygen atoms in total. The van der Waals surface area contributed by atoms with E-state index in [1.165, 1.54) is 25.2 Å². The normalized spacial score (nSPS) is 11.4. The zero-order valence-corrected chi connectivity index (χ0v) is 14.9. The molecule has 1 heterocycles. The van der Waals surface area contributed by atoms with Gasteiger partial charge in [0.1, 0.15) is 11.6 Å². The third-order valence-corrected chi connectivity index (χ3v) is 4.12. The second-order valence-corrected chi connectivity index (χ2v) is 6.07. The molecular weight excluding hydrogens is 376 g/mol. The number of carbonyl (C=O) groups is 1. The van der Waals surface area contributed by atoms with Crippen molar-refractivity contribution in [3.63, 3.8) is 0 Å². The molecule has 0 radical (unpaired) electrons. The molecule has 0 bridgehead atoms. The Morgan fingerprint density at radius 2 is 1.75 bits per heavy atom. The number of amides is 1. The van der Waals surface area contributed by atoms with E-state index < -0.39 is 23.6 Å². The average molecular weight is 392 g/mol. The number of rotatable bonds is 4. The van der Waals surface area contributed by atoms with Gasteiger partial charge in [0.2, 0.25) is 0 Å². The molecule has 146 valence electrons. The molecule has 3 aromatic rings. The number of aryl methyl sites for hydroxylation is 1. The average Bonchev–Trinajstić information content (AvgIpc) is 3.00. The van der Waals surface area contributed by atoms with E-state index in [9.17, 15) is 22.4 Å². The van der Waals surface area contributed by atoms with Gasteiger partial charge in [-0.25, -0.2) is 4.39 Å². The van der Waals surface area contributed by atoms with Gasteiger partial charge in [-0.15, -0.1) is 0 Å². The van der Waals surface area contributed by atoms with Gasteiger partial charge in [0.05, 0.1) is 11.3 Å². The first kappa shape index (κ1) is 19.4. The lowest BCUT2D eigenvalue weighted by molar-refractivity contribution is -0.141. The molecule has 0 unspecified atom stereocenters. The number of benzene rings is 2. The second kappa shape index (κ2) is 7.34. The van der Waals surface area contributed by atoms with Gasteiger partial charge in [-0.1, -0.05) is 18.2 Å². The van der Waals surface area contributed by atoms with Crippen molar-refractivity contribution in [2.45, 2.75) is 13.1 Å². The summed E-state index contributed by atoms with van der Waals surface area (Å²) in [5, 5.41) is 8.77. The molecule has 1 aromatic heterocycles. The Labute approximate surface area is 158 Å². The number of hydrogen-bond donors (Lipinski definition) is 2. The van der Waals surface area contributed by atoms with Crippen molar-refractivity contribution in [1.82, 2.24) is 9.78 Å². The maximum absolute atomic E-state index is 13.8. The highest BCUT2D eigenvalue weighted by Crippen LogP contribution is 2.30. The van der Waals surface area contributed by atoms with Crippen LogP contribution < -0.4 is 10.6 Å². The van der Waals surface area contributed by atoms with Crippen molar-refractivity contribution in [3.8, 4) is 0 Å². The molecule has 1 amide bonds. The topological polar surface area (TPSA) is 59.0 Å². The molecule has 28 heavy (non-hydrogen) atoms. The molecule has 0 fully saturated rings. The summed E-state index contributed by atoms with van der Waals surface area (Å²) in [6.07, 6.45) is -4.62. The fourth-order valence-electron chi connectivity index (χ4n) is 2.58. The van der Waals surface area contributed by atoms with Crippen molar-refractivity contribution in [2.24, 2.45) is 7.05 Å². The van der Waals surface area contributed by atoms with E-state index in [0.29, 0.717) is 16.9 Å². The van der Waals surface area contributed by atoms with E-state index in [2.05, 4.69) is 15.7 Å². The Morgan fingerprint density at radius 3 is 2.43 bits per heavy atom. The van der Waals surface area contributed by atoms with Crippen LogP contribution in [0.4, 0.5) is 34.8 Å². The molecule has 0 saturated carbocycles. The molecular formula is C19H16F4N4O. The van der Waals surface area contributed by atoms with Crippen molar-refractivity contribution in [2.75, 3.05) is 10.6 Å². The van der Waals surface area contributed by atoms with Gasteiger partial charge in [-0.2, -0.15) is 18.3 Å². The van der Waals surface area contributed by atoms with Crippen LogP contribution in [0.15, 0.2) is 48.5 Å². The van der Waals surface area contributed by atoms with Crippen LogP contribution in [0.5, 0.6) is 0 Å². The maximum Gasteiger partial charge on any atom is 0.435 e. The molecule has 0 saturated heterocycles. The smallest absolute Gasteiger partial charge is 0.355 e. The Bertz CT molecular complexity index is 1030. The number of nitrogens with zero attached hydrogens (tertiary/aromatic N) is 2. The fourth-order valence-corrected chi connectivity index (χ4v) is 2.58. The number of nitrogens with one attached hydrogen (secondary N) is 2. The molecule has 0 aliphatic heterocycles. The largest absolute Gasteiger partial charge is 0.435 e. The van der Waals surface area contributed by atoms with Crippen LogP contribution >= 0.6 is 0 Å². The van der Waals surface area contributed by atoms with Gasteiger partial charge >= 0.3 is 6.18 Å². The summed E-state index contributed by atoms with van der Waals surface area (Å²) in [4.78, 5) is 12.6. The summed E-state index contributed by atoms with van der Waals surface area (Å²) in [7, 11) is 1.30. The maximum atomic E-state index is 13.8. The van der Waals surface area contributed by atoms with Gasteiger partial charge in [0.15, 0.2) is 5.69 Å². The summed E-state index contributed by atoms with van der Waals surface area (Å²) in [6.45, 7) is 1.59. The van der Waals surface area contributed by atoms with Crippen LogP contribution in [0.2, 0.25) is 0 Å². The van der Waals surface area contributed by atoms with Crippen LogP contribution in [0.25, 0.3) is 0 Å². The third kappa shape index (κ3) is 3.98. The summed E-state index contributed by atoms with van der Waals surface area (Å²) >= 11 is 0. The summed E-state index contributed by atoms with van der Waals surface area (Å²) in [5.74, 6) is -1.13. The molecule has 0 aliphatic rings. The number of aromatic nitrogens is 2. The SMILES string of the molecule is Cc1c(F)cccc1Nc1ccccc1C(=O)Nc1cc(C(F)(F)F)nn1C.